The van der Waals surface area contributed by atoms with E-state index >= 15 is 0 Å². The minimum absolute atomic E-state index is 0.583. The number of rotatable bonds is 5. The van der Waals surface area contributed by atoms with E-state index in [0.29, 0.717) is 17.5 Å². The van der Waals surface area contributed by atoms with Crippen LogP contribution in [0, 0.1) is 0 Å². The second-order valence-corrected chi connectivity index (χ2v) is 13.6. The molecule has 0 saturated carbocycles. The summed E-state index contributed by atoms with van der Waals surface area (Å²) in [5.41, 5.74) is 10.4. The molecule has 0 N–H and O–H groups in total. The molecule has 0 amide bonds. The van der Waals surface area contributed by atoms with E-state index in [2.05, 4.69) is 97.1 Å². The molecular weight excluding hydrogens is 663 g/mol. The zero-order valence-corrected chi connectivity index (χ0v) is 28.9. The lowest BCUT2D eigenvalue weighted by Gasteiger charge is -2.14. The molecule has 5 heteroatoms. The molecule has 0 radical (unpaired) electrons. The van der Waals surface area contributed by atoms with Gasteiger partial charge in [0.25, 0.3) is 0 Å². The molecule has 0 atom stereocenters. The van der Waals surface area contributed by atoms with Gasteiger partial charge in [0.2, 0.25) is 0 Å². The van der Waals surface area contributed by atoms with Crippen LogP contribution in [0.2, 0.25) is 0 Å². The molecule has 8 aromatic carbocycles. The number of hydrogen-bond donors (Lipinski definition) is 0. The van der Waals surface area contributed by atoms with Crippen LogP contribution in [0.5, 0.6) is 0 Å². The molecule has 0 unspecified atom stereocenters. The average Bonchev–Trinajstić information content (AvgIpc) is 3.82. The van der Waals surface area contributed by atoms with E-state index in [4.69, 9.17) is 23.8 Å². The van der Waals surface area contributed by atoms with Crippen molar-refractivity contribution < 1.29 is 8.83 Å². The molecule has 11 aromatic rings. The van der Waals surface area contributed by atoms with Crippen molar-refractivity contribution in [2.45, 2.75) is 0 Å². The van der Waals surface area contributed by atoms with Crippen molar-refractivity contribution in [3.05, 3.63) is 176 Å². The predicted molar refractivity (Wildman–Crippen MR) is 219 cm³/mol. The third-order valence-electron chi connectivity index (χ3n) is 10.3. The van der Waals surface area contributed by atoms with Crippen molar-refractivity contribution in [2.75, 3.05) is 0 Å². The van der Waals surface area contributed by atoms with Crippen molar-refractivity contribution in [1.82, 2.24) is 15.0 Å². The van der Waals surface area contributed by atoms with E-state index in [0.717, 1.165) is 93.6 Å². The number of benzene rings is 8. The SMILES string of the molecule is c1ccc(-c2cc(-c3cc(-c4nc(-c5ccccc5)nc(-c5cccc6oc7ccccc7c56)n4)cc4ccccc34)c3c(c2)oc2ccccc23)cc1. The molecule has 54 heavy (non-hydrogen) atoms. The second kappa shape index (κ2) is 12.1. The average molecular weight is 692 g/mol. The first-order valence-corrected chi connectivity index (χ1v) is 18.0. The van der Waals surface area contributed by atoms with Crippen molar-refractivity contribution in [3.63, 3.8) is 0 Å². The van der Waals surface area contributed by atoms with Crippen LogP contribution in [0.3, 0.4) is 0 Å². The standard InChI is InChI=1S/C49H29N3O2/c1-3-14-30(15-4-1)33-27-40(46-37-21-10-12-24-42(37)54-44(46)29-33)39-28-34(26-32-18-7-8-19-35(32)39)48-50-47(31-16-5-2-6-17-31)51-49(52-48)38-22-13-25-43-45(38)36-20-9-11-23-41(36)53-43/h1-29H. The Kier molecular flexibility index (Phi) is 6.79. The Bertz CT molecular complexity index is 3220. The molecule has 252 valence electrons. The first-order chi connectivity index (χ1) is 26.7. The van der Waals surface area contributed by atoms with Crippen molar-refractivity contribution >= 4 is 54.6 Å². The summed E-state index contributed by atoms with van der Waals surface area (Å²) < 4.78 is 12.8. The van der Waals surface area contributed by atoms with Gasteiger partial charge in [-0.1, -0.05) is 133 Å². The lowest BCUT2D eigenvalue weighted by molar-refractivity contribution is 0.668. The molecule has 0 aliphatic rings. The normalized spacial score (nSPS) is 11.7. The van der Waals surface area contributed by atoms with E-state index in [1.54, 1.807) is 0 Å². The smallest absolute Gasteiger partial charge is 0.164 e. The largest absolute Gasteiger partial charge is 0.456 e. The molecule has 11 rings (SSSR count). The van der Waals surface area contributed by atoms with Crippen LogP contribution in [-0.2, 0) is 0 Å². The zero-order valence-electron chi connectivity index (χ0n) is 28.9. The Balaban J connectivity index is 1.20. The summed E-state index contributed by atoms with van der Waals surface area (Å²) in [6.07, 6.45) is 0. The number of para-hydroxylation sites is 2. The van der Waals surface area contributed by atoms with Crippen LogP contribution in [0.4, 0.5) is 0 Å². The Morgan fingerprint density at radius 2 is 0.833 bits per heavy atom. The predicted octanol–water partition coefficient (Wildman–Crippen LogP) is 13.2. The number of furan rings is 2. The highest BCUT2D eigenvalue weighted by Crippen LogP contribution is 2.44. The van der Waals surface area contributed by atoms with E-state index < -0.39 is 0 Å². The van der Waals surface area contributed by atoms with Crippen LogP contribution in [0.25, 0.3) is 111 Å². The first-order valence-electron chi connectivity index (χ1n) is 18.0. The molecule has 0 saturated heterocycles. The van der Waals surface area contributed by atoms with Crippen LogP contribution >= 0.6 is 0 Å². The van der Waals surface area contributed by atoms with E-state index in [-0.39, 0.29) is 0 Å². The molecule has 0 bridgehead atoms. The topological polar surface area (TPSA) is 65.0 Å². The van der Waals surface area contributed by atoms with Gasteiger partial charge in [0.15, 0.2) is 17.5 Å². The third kappa shape index (κ3) is 4.90. The molecule has 3 aromatic heterocycles. The number of hydrogen-bond acceptors (Lipinski definition) is 5. The molecule has 5 nitrogen and oxygen atoms in total. The van der Waals surface area contributed by atoms with E-state index in [1.807, 2.05) is 78.9 Å². The zero-order chi connectivity index (χ0) is 35.6. The Labute approximate surface area is 309 Å². The number of fused-ring (bicyclic) bond motifs is 7. The van der Waals surface area contributed by atoms with Gasteiger partial charge in [-0.3, -0.25) is 0 Å². The van der Waals surface area contributed by atoms with Crippen molar-refractivity contribution in [1.29, 1.82) is 0 Å². The minimum Gasteiger partial charge on any atom is -0.456 e. The summed E-state index contributed by atoms with van der Waals surface area (Å²) in [4.78, 5) is 15.6. The molecule has 0 aliphatic heterocycles. The monoisotopic (exact) mass is 691 g/mol. The van der Waals surface area contributed by atoms with Gasteiger partial charge in [0.1, 0.15) is 22.3 Å². The highest BCUT2D eigenvalue weighted by Gasteiger charge is 2.21. The van der Waals surface area contributed by atoms with Crippen LogP contribution in [0.1, 0.15) is 0 Å². The van der Waals surface area contributed by atoms with Crippen molar-refractivity contribution in [3.8, 4) is 56.4 Å². The first kappa shape index (κ1) is 30.3. The van der Waals surface area contributed by atoms with Gasteiger partial charge in [0, 0.05) is 38.2 Å². The third-order valence-corrected chi connectivity index (χ3v) is 10.3. The Hall–Kier alpha value is -7.37. The fourth-order valence-electron chi connectivity index (χ4n) is 7.83. The maximum Gasteiger partial charge on any atom is 0.164 e. The maximum atomic E-state index is 6.55. The second-order valence-electron chi connectivity index (χ2n) is 13.6. The summed E-state index contributed by atoms with van der Waals surface area (Å²) in [5, 5.41) is 6.37. The number of aromatic nitrogens is 3. The molecule has 0 aliphatic carbocycles. The number of nitrogens with zero attached hydrogens (tertiary/aromatic N) is 3. The van der Waals surface area contributed by atoms with Gasteiger partial charge in [-0.15, -0.1) is 0 Å². The molecule has 0 spiro atoms. The summed E-state index contributed by atoms with van der Waals surface area (Å²) >= 11 is 0. The van der Waals surface area contributed by atoms with Gasteiger partial charge < -0.3 is 8.83 Å². The van der Waals surface area contributed by atoms with Gasteiger partial charge in [-0.25, -0.2) is 15.0 Å². The maximum absolute atomic E-state index is 6.55. The van der Waals surface area contributed by atoms with Crippen LogP contribution in [-0.4, -0.2) is 15.0 Å². The van der Waals surface area contributed by atoms with Crippen LogP contribution in [0.15, 0.2) is 185 Å². The highest BCUT2D eigenvalue weighted by molar-refractivity contribution is 6.17. The quantitative estimate of drug-likeness (QED) is 0.180. The Morgan fingerprint density at radius 1 is 0.296 bits per heavy atom. The fraction of sp³-hybridized carbons (Fsp3) is 0. The Morgan fingerprint density at radius 3 is 1.57 bits per heavy atom. The lowest BCUT2D eigenvalue weighted by atomic mass is 9.90. The molecular formula is C49H29N3O2. The van der Waals surface area contributed by atoms with Gasteiger partial charge in [0.05, 0.1) is 0 Å². The van der Waals surface area contributed by atoms with Gasteiger partial charge in [-0.05, 0) is 75.5 Å². The lowest BCUT2D eigenvalue weighted by Crippen LogP contribution is -2.01. The highest BCUT2D eigenvalue weighted by atomic mass is 16.3. The van der Waals surface area contributed by atoms with Gasteiger partial charge in [-0.2, -0.15) is 0 Å². The molecule has 3 heterocycles. The minimum atomic E-state index is 0.583. The summed E-state index contributed by atoms with van der Waals surface area (Å²) in [5.74, 6) is 1.77. The summed E-state index contributed by atoms with van der Waals surface area (Å²) in [6, 6.07) is 60.4. The summed E-state index contributed by atoms with van der Waals surface area (Å²) in [7, 11) is 0. The molecule has 0 fully saturated rings. The van der Waals surface area contributed by atoms with Crippen LogP contribution < -0.4 is 0 Å². The van der Waals surface area contributed by atoms with E-state index in [9.17, 15) is 0 Å². The van der Waals surface area contributed by atoms with Crippen molar-refractivity contribution in [2.24, 2.45) is 0 Å². The summed E-state index contributed by atoms with van der Waals surface area (Å²) in [6.45, 7) is 0. The van der Waals surface area contributed by atoms with E-state index in [1.165, 1.54) is 0 Å². The fourth-order valence-corrected chi connectivity index (χ4v) is 7.83. The van der Waals surface area contributed by atoms with Gasteiger partial charge >= 0.3 is 0 Å².